The van der Waals surface area contributed by atoms with E-state index >= 15 is 0 Å². The van der Waals surface area contributed by atoms with Crippen LogP contribution in [0.3, 0.4) is 0 Å². The molecule has 2 aromatic rings. The Balaban J connectivity index is 1.67. The number of hydrogen-bond acceptors (Lipinski definition) is 10. The third kappa shape index (κ3) is 8.03. The van der Waals surface area contributed by atoms with Crippen molar-refractivity contribution in [3.63, 3.8) is 0 Å². The molecule has 1 aromatic carbocycles. The van der Waals surface area contributed by atoms with Crippen LogP contribution in [0.1, 0.15) is 35.3 Å². The molecule has 0 aliphatic carbocycles. The van der Waals surface area contributed by atoms with E-state index in [9.17, 15) is 29.4 Å². The van der Waals surface area contributed by atoms with Crippen LogP contribution in [-0.4, -0.2) is 71.3 Å². The smallest absolute Gasteiger partial charge is 0.308 e. The second-order valence-electron chi connectivity index (χ2n) is 8.12. The molecule has 0 saturated carbocycles. The number of aromatic hydroxyl groups is 1. The number of aliphatic hydroxyl groups excluding tert-OH is 1. The van der Waals surface area contributed by atoms with Gasteiger partial charge in [-0.15, -0.1) is 0 Å². The first kappa shape index (κ1) is 29.1. The zero-order chi connectivity index (χ0) is 27.8. The maximum atomic E-state index is 12.7. The topological polar surface area (TPSA) is 194 Å². The molecule has 15 heteroatoms. The number of anilines is 1. The van der Waals surface area contributed by atoms with Crippen molar-refractivity contribution in [2.24, 2.45) is 4.99 Å². The number of ether oxygens (including phenoxy) is 1. The van der Waals surface area contributed by atoms with Gasteiger partial charge in [-0.3, -0.25) is 24.2 Å². The Hall–Kier alpha value is -3.43. The number of guanidine groups is 1. The SMILES string of the molecule is CCOC(=O)CC(NC(=O)CNC(=O)c1c[nH]c(=O)c(NC2=NCC(O)CN2)c1)c1cc(Br)cc(Br)c1O. The molecule has 2 atom stereocenters. The molecule has 2 amide bonds. The van der Waals surface area contributed by atoms with Gasteiger partial charge in [-0.2, -0.15) is 0 Å². The summed E-state index contributed by atoms with van der Waals surface area (Å²) in [5.41, 5.74) is -0.137. The average molecular weight is 658 g/mol. The standard InChI is InChI=1S/C23H26Br2N6O7/c1-2-38-19(34)6-16(14-4-12(24)5-15(25)20(14)35)30-18(33)10-27-21(36)11-3-17(22(37)26-7-11)31-23-28-8-13(32)9-29-23/h3-5,7,13,16,32,35H,2,6,8-10H2,1H3,(H,26,37)(H,27,36)(H,30,33)(H2,28,29,31). The molecule has 1 aliphatic rings. The Morgan fingerprint density at radius 3 is 2.71 bits per heavy atom. The summed E-state index contributed by atoms with van der Waals surface area (Å²) < 4.78 is 5.94. The zero-order valence-electron chi connectivity index (χ0n) is 20.1. The van der Waals surface area contributed by atoms with Crippen LogP contribution in [0.25, 0.3) is 0 Å². The first-order valence-corrected chi connectivity index (χ1v) is 13.0. The van der Waals surface area contributed by atoms with Gasteiger partial charge in [0.1, 0.15) is 11.4 Å². The Bertz CT molecular complexity index is 1300. The lowest BCUT2D eigenvalue weighted by molar-refractivity contribution is -0.143. The number of benzene rings is 1. The number of carbonyl (C=O) groups excluding carboxylic acids is 3. The van der Waals surface area contributed by atoms with Crippen molar-refractivity contribution < 1.29 is 29.3 Å². The fraction of sp³-hybridized carbons (Fsp3) is 0.348. The van der Waals surface area contributed by atoms with Gasteiger partial charge in [0.2, 0.25) is 5.91 Å². The summed E-state index contributed by atoms with van der Waals surface area (Å²) in [6.07, 6.45) is 0.308. The molecular weight excluding hydrogens is 632 g/mol. The minimum absolute atomic E-state index is 0.0370. The molecule has 38 heavy (non-hydrogen) atoms. The first-order valence-electron chi connectivity index (χ1n) is 11.4. The molecule has 0 spiro atoms. The second-order valence-corrected chi connectivity index (χ2v) is 9.89. The highest BCUT2D eigenvalue weighted by Crippen LogP contribution is 2.36. The zero-order valence-corrected chi connectivity index (χ0v) is 23.3. The number of esters is 1. The number of aromatic nitrogens is 1. The van der Waals surface area contributed by atoms with Gasteiger partial charge in [-0.1, -0.05) is 15.9 Å². The number of pyridine rings is 1. The Morgan fingerprint density at radius 1 is 1.26 bits per heavy atom. The lowest BCUT2D eigenvalue weighted by atomic mass is 10.0. The van der Waals surface area contributed by atoms with Crippen molar-refractivity contribution in [3.05, 3.63) is 54.8 Å². The highest BCUT2D eigenvalue weighted by atomic mass is 79.9. The number of nitrogens with one attached hydrogen (secondary N) is 5. The summed E-state index contributed by atoms with van der Waals surface area (Å²) in [6, 6.07) is 3.51. The number of halogens is 2. The number of H-pyrrole nitrogens is 1. The maximum Gasteiger partial charge on any atom is 0.308 e. The van der Waals surface area contributed by atoms with Crippen LogP contribution in [0.5, 0.6) is 5.75 Å². The van der Waals surface area contributed by atoms with Gasteiger partial charge in [-0.05, 0) is 41.1 Å². The Morgan fingerprint density at radius 2 is 2.03 bits per heavy atom. The number of hydrogen-bond donors (Lipinski definition) is 7. The lowest BCUT2D eigenvalue weighted by Gasteiger charge is -2.21. The van der Waals surface area contributed by atoms with Crippen LogP contribution < -0.4 is 26.8 Å². The molecular formula is C23H26Br2N6O7. The monoisotopic (exact) mass is 656 g/mol. The number of amides is 2. The predicted molar refractivity (Wildman–Crippen MR) is 145 cm³/mol. The van der Waals surface area contributed by atoms with Crippen LogP contribution in [0, 0.1) is 0 Å². The second kappa shape index (κ2) is 13.4. The van der Waals surface area contributed by atoms with Crippen LogP contribution in [0.15, 0.2) is 43.1 Å². The number of phenols is 1. The quantitative estimate of drug-likeness (QED) is 0.192. The van der Waals surface area contributed by atoms with Crippen LogP contribution >= 0.6 is 31.9 Å². The molecule has 0 fully saturated rings. The first-order chi connectivity index (χ1) is 18.1. The van der Waals surface area contributed by atoms with E-state index in [1.807, 2.05) is 0 Å². The Labute approximate surface area is 233 Å². The largest absolute Gasteiger partial charge is 0.506 e. The maximum absolute atomic E-state index is 12.7. The highest BCUT2D eigenvalue weighted by Gasteiger charge is 2.24. The summed E-state index contributed by atoms with van der Waals surface area (Å²) in [4.78, 5) is 56.2. The van der Waals surface area contributed by atoms with Gasteiger partial charge in [-0.25, -0.2) is 0 Å². The van der Waals surface area contributed by atoms with Gasteiger partial charge in [0.05, 0.1) is 48.3 Å². The van der Waals surface area contributed by atoms with E-state index in [1.54, 1.807) is 19.1 Å². The third-order valence-corrected chi connectivity index (χ3v) is 6.30. The molecule has 7 N–H and O–H groups in total. The van der Waals surface area contributed by atoms with E-state index in [1.165, 1.54) is 12.3 Å². The lowest BCUT2D eigenvalue weighted by Crippen LogP contribution is -2.43. The minimum Gasteiger partial charge on any atom is -0.506 e. The summed E-state index contributed by atoms with van der Waals surface area (Å²) >= 11 is 6.55. The van der Waals surface area contributed by atoms with Gasteiger partial charge < -0.3 is 41.2 Å². The molecule has 2 unspecified atom stereocenters. The normalized spacial score (nSPS) is 15.5. The summed E-state index contributed by atoms with van der Waals surface area (Å²) in [7, 11) is 0. The molecule has 13 nitrogen and oxygen atoms in total. The number of phenolic OH excluding ortho intramolecular Hbond substituents is 1. The van der Waals surface area contributed by atoms with Crippen LogP contribution in [0.4, 0.5) is 5.69 Å². The van der Waals surface area contributed by atoms with Crippen molar-refractivity contribution in [2.75, 3.05) is 31.6 Å². The number of aromatic amines is 1. The number of β-amino-alcohol motifs (C(OH)–C–C–N with tert-alkyl or cyclic N) is 1. The van der Waals surface area contributed by atoms with Crippen molar-refractivity contribution in [1.82, 2.24) is 20.9 Å². The minimum atomic E-state index is -0.946. The molecule has 0 saturated heterocycles. The highest BCUT2D eigenvalue weighted by molar-refractivity contribution is 9.11. The predicted octanol–water partition coefficient (Wildman–Crippen LogP) is 0.878. The molecule has 2 heterocycles. The summed E-state index contributed by atoms with van der Waals surface area (Å²) in [5.74, 6) is -1.76. The fourth-order valence-corrected chi connectivity index (χ4v) is 4.69. The Kier molecular flexibility index (Phi) is 10.3. The van der Waals surface area contributed by atoms with E-state index < -0.39 is 42.0 Å². The fourth-order valence-electron chi connectivity index (χ4n) is 3.44. The third-order valence-electron chi connectivity index (χ3n) is 5.24. The number of carbonyl (C=O) groups is 3. The average Bonchev–Trinajstić information content (AvgIpc) is 2.87. The van der Waals surface area contributed by atoms with Crippen LogP contribution in [-0.2, 0) is 14.3 Å². The van der Waals surface area contributed by atoms with Crippen molar-refractivity contribution in [2.45, 2.75) is 25.5 Å². The van der Waals surface area contributed by atoms with E-state index in [4.69, 9.17) is 4.74 Å². The molecule has 0 bridgehead atoms. The van der Waals surface area contributed by atoms with Crippen molar-refractivity contribution >= 4 is 61.3 Å². The molecule has 0 radical (unpaired) electrons. The van der Waals surface area contributed by atoms with Crippen molar-refractivity contribution in [3.8, 4) is 5.75 Å². The number of aliphatic imine (C=N–C) groups is 1. The number of nitrogens with zero attached hydrogens (tertiary/aromatic N) is 1. The number of aliphatic hydroxyl groups is 1. The molecule has 1 aromatic heterocycles. The summed E-state index contributed by atoms with van der Waals surface area (Å²) in [5, 5.41) is 30.7. The van der Waals surface area contributed by atoms with Gasteiger partial charge >= 0.3 is 5.97 Å². The number of rotatable bonds is 9. The van der Waals surface area contributed by atoms with E-state index in [0.29, 0.717) is 8.95 Å². The summed E-state index contributed by atoms with van der Waals surface area (Å²) in [6.45, 7) is 1.75. The van der Waals surface area contributed by atoms with E-state index in [2.05, 4.69) is 63.1 Å². The van der Waals surface area contributed by atoms with Crippen molar-refractivity contribution in [1.29, 1.82) is 0 Å². The van der Waals surface area contributed by atoms with E-state index in [-0.39, 0.29) is 54.6 Å². The van der Waals surface area contributed by atoms with Gasteiger partial charge in [0, 0.05) is 22.8 Å². The molecule has 1 aliphatic heterocycles. The van der Waals surface area contributed by atoms with Crippen LogP contribution in [0.2, 0.25) is 0 Å². The van der Waals surface area contributed by atoms with Gasteiger partial charge in [0.15, 0.2) is 5.96 Å². The molecule has 3 rings (SSSR count). The van der Waals surface area contributed by atoms with E-state index in [0.717, 1.165) is 0 Å². The van der Waals surface area contributed by atoms with Gasteiger partial charge in [0.25, 0.3) is 11.5 Å². The molecule has 204 valence electrons.